The molecular formula is C32H24F6O6S4. The van der Waals surface area contributed by atoms with Crippen LogP contribution in [0.1, 0.15) is 0 Å². The largest absolute Gasteiger partial charge is 0.741 e. The standard InChI is InChI=1S/C30H24S2.2CHF3O3S/c1-5-13-25(14-6-1)31(26-15-7-2-8-16-26)29-21-23-30(24-22-29)32(27-17-9-3-10-18-27)28-19-11-4-12-20-28;2*2-1(3,4)8(5,6)7/h1-24H;2*(H,5,6,7)/q+2;;/p-2. The number of hydrogen-bond donors (Lipinski definition) is 0. The second kappa shape index (κ2) is 16.5. The summed E-state index contributed by atoms with van der Waals surface area (Å²) in [6.45, 7) is 0. The first-order valence-electron chi connectivity index (χ1n) is 13.2. The van der Waals surface area contributed by atoms with Crippen LogP contribution in [0, 0.1) is 0 Å². The second-order valence-corrected chi connectivity index (χ2v) is 15.9. The average molecular weight is 747 g/mol. The van der Waals surface area contributed by atoms with E-state index in [0.29, 0.717) is 0 Å². The van der Waals surface area contributed by atoms with Gasteiger partial charge in [0.25, 0.3) is 0 Å². The summed E-state index contributed by atoms with van der Waals surface area (Å²) in [6.07, 6.45) is 0. The highest BCUT2D eigenvalue weighted by atomic mass is 32.2. The van der Waals surface area contributed by atoms with Gasteiger partial charge in [0.05, 0.1) is 21.8 Å². The minimum Gasteiger partial charge on any atom is -0.741 e. The molecule has 0 spiro atoms. The van der Waals surface area contributed by atoms with Gasteiger partial charge in [0, 0.05) is 0 Å². The van der Waals surface area contributed by atoms with Gasteiger partial charge in [-0.15, -0.1) is 0 Å². The first-order valence-corrected chi connectivity index (χ1v) is 18.5. The molecule has 48 heavy (non-hydrogen) atoms. The highest BCUT2D eigenvalue weighted by molar-refractivity contribution is 7.97. The van der Waals surface area contributed by atoms with Crippen molar-refractivity contribution in [2.24, 2.45) is 0 Å². The number of halogens is 6. The first kappa shape index (κ1) is 38.6. The Balaban J connectivity index is 0.000000325. The molecule has 0 aliphatic rings. The van der Waals surface area contributed by atoms with Crippen molar-refractivity contribution in [2.45, 2.75) is 40.4 Å². The topological polar surface area (TPSA) is 114 Å². The lowest BCUT2D eigenvalue weighted by atomic mass is 10.3. The van der Waals surface area contributed by atoms with Gasteiger partial charge in [-0.2, -0.15) is 26.3 Å². The zero-order chi connectivity index (χ0) is 35.6. The normalized spacial score (nSPS) is 12.0. The summed E-state index contributed by atoms with van der Waals surface area (Å²) < 4.78 is 118. The Hall–Kier alpha value is -3.80. The van der Waals surface area contributed by atoms with Crippen LogP contribution in [0.4, 0.5) is 26.3 Å². The van der Waals surface area contributed by atoms with Crippen molar-refractivity contribution < 1.29 is 52.3 Å². The molecule has 0 bridgehead atoms. The van der Waals surface area contributed by atoms with Crippen molar-refractivity contribution in [1.82, 2.24) is 0 Å². The van der Waals surface area contributed by atoms with E-state index in [1.165, 1.54) is 29.4 Å². The van der Waals surface area contributed by atoms with Crippen molar-refractivity contribution in [3.8, 4) is 0 Å². The molecule has 0 aromatic heterocycles. The van der Waals surface area contributed by atoms with Crippen molar-refractivity contribution in [3.05, 3.63) is 146 Å². The molecule has 0 radical (unpaired) electrons. The summed E-state index contributed by atoms with van der Waals surface area (Å²) in [7, 11) is -12.4. The van der Waals surface area contributed by atoms with Crippen LogP contribution in [0.15, 0.2) is 175 Å². The van der Waals surface area contributed by atoms with E-state index in [1.807, 2.05) is 0 Å². The van der Waals surface area contributed by atoms with E-state index >= 15 is 0 Å². The third-order valence-corrected chi connectivity index (χ3v) is 11.4. The van der Waals surface area contributed by atoms with Crippen molar-refractivity contribution in [1.29, 1.82) is 0 Å². The molecule has 0 N–H and O–H groups in total. The molecule has 254 valence electrons. The fourth-order valence-electron chi connectivity index (χ4n) is 3.75. The Bertz CT molecular complexity index is 1710. The summed E-state index contributed by atoms with van der Waals surface area (Å²) in [4.78, 5) is 8.06. The molecule has 5 aromatic rings. The monoisotopic (exact) mass is 746 g/mol. The second-order valence-electron chi connectivity index (χ2n) is 9.14. The van der Waals surface area contributed by atoms with Crippen molar-refractivity contribution >= 4 is 42.0 Å². The molecule has 0 amide bonds. The number of benzene rings is 5. The van der Waals surface area contributed by atoms with E-state index in [1.54, 1.807) is 0 Å². The van der Waals surface area contributed by atoms with Gasteiger partial charge in [-0.1, -0.05) is 72.8 Å². The Labute approximate surface area is 279 Å². The number of hydrogen-bond acceptors (Lipinski definition) is 6. The number of alkyl halides is 6. The Morgan fingerprint density at radius 1 is 0.354 bits per heavy atom. The van der Waals surface area contributed by atoms with Crippen molar-refractivity contribution in [3.63, 3.8) is 0 Å². The van der Waals surface area contributed by atoms with Gasteiger partial charge < -0.3 is 9.11 Å². The molecule has 0 aliphatic carbocycles. The molecule has 0 saturated heterocycles. The third-order valence-electron chi connectivity index (χ3n) is 5.78. The van der Waals surface area contributed by atoms with Crippen LogP contribution in [0.5, 0.6) is 0 Å². The third kappa shape index (κ3) is 11.1. The highest BCUT2D eigenvalue weighted by Gasteiger charge is 2.37. The van der Waals surface area contributed by atoms with Crippen LogP contribution < -0.4 is 0 Å². The Morgan fingerprint density at radius 2 is 0.500 bits per heavy atom. The molecule has 0 saturated carbocycles. The fourth-order valence-corrected chi connectivity index (χ4v) is 7.92. The lowest BCUT2D eigenvalue weighted by molar-refractivity contribution is -0.0522. The van der Waals surface area contributed by atoms with Crippen LogP contribution in [-0.2, 0) is 42.0 Å². The zero-order valence-corrected chi connectivity index (χ0v) is 27.5. The van der Waals surface area contributed by atoms with Crippen LogP contribution in [0.2, 0.25) is 0 Å². The summed E-state index contributed by atoms with van der Waals surface area (Å²) in [5.74, 6) is 0. The summed E-state index contributed by atoms with van der Waals surface area (Å²) >= 11 is 0. The molecule has 0 fully saturated rings. The Morgan fingerprint density at radius 3 is 0.646 bits per heavy atom. The molecule has 5 rings (SSSR count). The van der Waals surface area contributed by atoms with Crippen LogP contribution in [0.25, 0.3) is 0 Å². The molecule has 16 heteroatoms. The van der Waals surface area contributed by atoms with E-state index in [2.05, 4.69) is 146 Å². The van der Waals surface area contributed by atoms with Crippen LogP contribution in [-0.4, -0.2) is 37.0 Å². The summed E-state index contributed by atoms with van der Waals surface area (Å²) in [5, 5.41) is 0. The average Bonchev–Trinajstić information content (AvgIpc) is 3.03. The van der Waals surface area contributed by atoms with Crippen molar-refractivity contribution in [2.75, 3.05) is 0 Å². The maximum atomic E-state index is 10.7. The van der Waals surface area contributed by atoms with Gasteiger partial charge >= 0.3 is 11.0 Å². The molecule has 0 heterocycles. The Kier molecular flexibility index (Phi) is 13.3. The summed E-state index contributed by atoms with van der Waals surface area (Å²) in [6, 6.07) is 52.6. The lowest BCUT2D eigenvalue weighted by Crippen LogP contribution is -2.21. The van der Waals surface area contributed by atoms with E-state index in [9.17, 15) is 26.3 Å². The maximum absolute atomic E-state index is 10.7. The van der Waals surface area contributed by atoms with Crippen LogP contribution in [0.3, 0.4) is 0 Å². The molecular weight excluding hydrogens is 723 g/mol. The molecule has 0 aliphatic heterocycles. The van der Waals surface area contributed by atoms with Gasteiger partial charge in [-0.25, -0.2) is 16.8 Å². The van der Waals surface area contributed by atoms with Gasteiger partial charge in [0.2, 0.25) is 0 Å². The predicted molar refractivity (Wildman–Crippen MR) is 168 cm³/mol. The molecule has 5 aromatic carbocycles. The van der Waals surface area contributed by atoms with E-state index in [4.69, 9.17) is 25.9 Å². The van der Waals surface area contributed by atoms with Gasteiger partial charge in [0.15, 0.2) is 49.6 Å². The van der Waals surface area contributed by atoms with Gasteiger partial charge in [-0.05, 0) is 72.8 Å². The van der Waals surface area contributed by atoms with E-state index < -0.39 is 31.3 Å². The molecule has 0 unspecified atom stereocenters. The summed E-state index contributed by atoms with van der Waals surface area (Å²) in [5.41, 5.74) is -11.3. The predicted octanol–water partition coefficient (Wildman–Crippen LogP) is 7.98. The first-order chi connectivity index (χ1) is 22.4. The quantitative estimate of drug-likeness (QED) is 0.0754. The minimum absolute atomic E-state index is 0.122. The minimum atomic E-state index is -6.09. The van der Waals surface area contributed by atoms with E-state index in [0.717, 1.165) is 0 Å². The smallest absolute Gasteiger partial charge is 0.485 e. The van der Waals surface area contributed by atoms with Crippen LogP contribution >= 0.6 is 0 Å². The lowest BCUT2D eigenvalue weighted by Gasteiger charge is -2.10. The highest BCUT2D eigenvalue weighted by Crippen LogP contribution is 2.35. The van der Waals surface area contributed by atoms with E-state index in [-0.39, 0.29) is 21.8 Å². The SMILES string of the molecule is O=S(=O)([O-])C(F)(F)F.O=S(=O)([O-])C(F)(F)F.c1ccc([S+](c2ccccc2)c2ccc([S+](c3ccccc3)c3ccccc3)cc2)cc1. The molecule has 6 nitrogen and oxygen atoms in total. The fraction of sp³-hybridized carbons (Fsp3) is 0.0625. The van der Waals surface area contributed by atoms with Gasteiger partial charge in [-0.3, -0.25) is 0 Å². The zero-order valence-electron chi connectivity index (χ0n) is 24.2. The molecule has 0 atom stereocenters. The van der Waals surface area contributed by atoms with Gasteiger partial charge in [0.1, 0.15) is 0 Å². The number of rotatable bonds is 6. The maximum Gasteiger partial charge on any atom is 0.485 e.